The molecule has 0 amide bonds. The van der Waals surface area contributed by atoms with Crippen LogP contribution < -0.4 is 10.5 Å². The number of primary sulfonamides is 1. The van der Waals surface area contributed by atoms with Gasteiger partial charge in [-0.1, -0.05) is 36.4 Å². The highest BCUT2D eigenvalue weighted by Crippen LogP contribution is 2.26. The van der Waals surface area contributed by atoms with E-state index in [0.29, 0.717) is 24.5 Å². The molecule has 0 aliphatic carbocycles. The second kappa shape index (κ2) is 9.77. The highest BCUT2D eigenvalue weighted by molar-refractivity contribution is 7.89. The number of sulfonamides is 1. The number of aromatic nitrogens is 3. The number of anilines is 2. The zero-order valence-corrected chi connectivity index (χ0v) is 21.5. The number of nitrogens with zero attached hydrogens (tertiary/aromatic N) is 3. The Morgan fingerprint density at radius 2 is 1.61 bits per heavy atom. The van der Waals surface area contributed by atoms with Gasteiger partial charge in [-0.05, 0) is 66.9 Å². The molecule has 3 N–H and O–H groups in total. The van der Waals surface area contributed by atoms with Crippen LogP contribution in [0.1, 0.15) is 33.1 Å². The van der Waals surface area contributed by atoms with Crippen LogP contribution in [0.15, 0.2) is 77.7 Å². The predicted octanol–water partition coefficient (Wildman–Crippen LogP) is 5.28. The smallest absolute Gasteiger partial charge is 0.238 e. The van der Waals surface area contributed by atoms with Gasteiger partial charge in [0.05, 0.1) is 31.5 Å². The highest BCUT2D eigenvalue weighted by atomic mass is 32.2. The Morgan fingerprint density at radius 1 is 0.861 bits per heavy atom. The molecule has 0 saturated heterocycles. The number of nitrogens with two attached hydrogens (primary N) is 1. The third-order valence-electron chi connectivity index (χ3n) is 5.75. The van der Waals surface area contributed by atoms with Crippen LogP contribution in [0.4, 0.5) is 11.6 Å². The van der Waals surface area contributed by atoms with Crippen molar-refractivity contribution in [2.24, 2.45) is 5.14 Å². The summed E-state index contributed by atoms with van der Waals surface area (Å²) in [6.07, 6.45) is 1.24. The first-order chi connectivity index (χ1) is 17.2. The Kier molecular flexibility index (Phi) is 6.53. The number of fused-ring (bicyclic) bond motifs is 1. The van der Waals surface area contributed by atoms with Gasteiger partial charge in [-0.2, -0.15) is 0 Å². The van der Waals surface area contributed by atoms with Crippen LogP contribution in [0.25, 0.3) is 10.2 Å². The Bertz CT molecular complexity index is 1660. The minimum atomic E-state index is -3.78. The third kappa shape index (κ3) is 5.59. The Labute approximate surface area is 214 Å². The van der Waals surface area contributed by atoms with Gasteiger partial charge in [0.25, 0.3) is 0 Å². The van der Waals surface area contributed by atoms with Gasteiger partial charge in [-0.3, -0.25) is 0 Å². The fourth-order valence-corrected chi connectivity index (χ4v) is 5.66. The van der Waals surface area contributed by atoms with Crippen LogP contribution in [0.3, 0.4) is 0 Å². The van der Waals surface area contributed by atoms with Gasteiger partial charge >= 0.3 is 0 Å². The van der Waals surface area contributed by atoms with E-state index < -0.39 is 10.0 Å². The number of thiazole rings is 1. The number of aryl methyl sites for hydroxylation is 2. The van der Waals surface area contributed by atoms with Crippen LogP contribution >= 0.6 is 11.3 Å². The summed E-state index contributed by atoms with van der Waals surface area (Å²) in [5, 5.41) is 9.52. The lowest BCUT2D eigenvalue weighted by molar-refractivity contribution is 0.597. The van der Waals surface area contributed by atoms with Gasteiger partial charge in [0.1, 0.15) is 0 Å². The fraction of sp³-hybridized carbons (Fsp3) is 0.148. The summed E-state index contributed by atoms with van der Waals surface area (Å²) in [6, 6.07) is 23.1. The summed E-state index contributed by atoms with van der Waals surface area (Å²) >= 11 is 1.67. The molecular formula is C27H25N5O2S2. The van der Waals surface area contributed by atoms with Crippen LogP contribution in [0, 0.1) is 13.8 Å². The van der Waals surface area contributed by atoms with Crippen molar-refractivity contribution in [3.8, 4) is 0 Å². The average Bonchev–Trinajstić information content (AvgIpc) is 3.21. The molecule has 3 aromatic carbocycles. The largest absolute Gasteiger partial charge is 0.324 e. The number of hydrogen-bond donors (Lipinski definition) is 2. The molecule has 9 heteroatoms. The van der Waals surface area contributed by atoms with Crippen molar-refractivity contribution in [1.29, 1.82) is 0 Å². The van der Waals surface area contributed by atoms with E-state index in [4.69, 9.17) is 20.1 Å². The van der Waals surface area contributed by atoms with E-state index in [-0.39, 0.29) is 4.90 Å². The summed E-state index contributed by atoms with van der Waals surface area (Å²) in [6.45, 7) is 3.89. The molecule has 5 rings (SSSR count). The van der Waals surface area contributed by atoms with Crippen molar-refractivity contribution in [3.05, 3.63) is 106 Å². The molecule has 0 fully saturated rings. The minimum absolute atomic E-state index is 0.0658. The van der Waals surface area contributed by atoms with Crippen molar-refractivity contribution >= 4 is 43.2 Å². The molecule has 2 heterocycles. The van der Waals surface area contributed by atoms with Crippen LogP contribution in [-0.4, -0.2) is 23.4 Å². The molecule has 36 heavy (non-hydrogen) atoms. The predicted molar refractivity (Wildman–Crippen MR) is 144 cm³/mol. The minimum Gasteiger partial charge on any atom is -0.324 e. The van der Waals surface area contributed by atoms with E-state index in [9.17, 15) is 8.42 Å². The summed E-state index contributed by atoms with van der Waals surface area (Å²) in [5.41, 5.74) is 6.51. The Morgan fingerprint density at radius 3 is 2.33 bits per heavy atom. The molecule has 0 aliphatic rings. The Balaban J connectivity index is 1.49. The molecule has 2 aromatic heterocycles. The molecule has 0 spiro atoms. The lowest BCUT2D eigenvalue weighted by Gasteiger charge is -2.12. The normalized spacial score (nSPS) is 11.6. The van der Waals surface area contributed by atoms with Crippen molar-refractivity contribution < 1.29 is 8.42 Å². The summed E-state index contributed by atoms with van der Waals surface area (Å²) < 4.78 is 24.6. The molecule has 0 saturated carbocycles. The van der Waals surface area contributed by atoms with E-state index in [1.807, 2.05) is 37.3 Å². The summed E-state index contributed by atoms with van der Waals surface area (Å²) in [7, 11) is -3.78. The first-order valence-electron chi connectivity index (χ1n) is 11.4. The van der Waals surface area contributed by atoms with Crippen molar-refractivity contribution in [2.45, 2.75) is 31.6 Å². The number of rotatable bonds is 7. The molecule has 0 aliphatic heterocycles. The standard InChI is InChI=1S/C27H25N5O2S2/c1-17-8-10-24-25(12-17)35-26(31-24)16-21-15-20(14-19-6-4-3-5-7-19)29-27(30-21)32-23-11-9-22(13-18(23)2)36(28,33)34/h3-13,15H,14,16H2,1-2H3,(H2,28,33,34)(H,29,30,32). The number of nitrogens with one attached hydrogen (secondary N) is 1. The molecule has 0 radical (unpaired) electrons. The van der Waals surface area contributed by atoms with E-state index in [2.05, 4.69) is 36.5 Å². The molecule has 182 valence electrons. The van der Waals surface area contributed by atoms with Crippen molar-refractivity contribution in [3.63, 3.8) is 0 Å². The average molecular weight is 516 g/mol. The van der Waals surface area contributed by atoms with Gasteiger partial charge in [0.2, 0.25) is 16.0 Å². The Hall–Kier alpha value is -3.66. The van der Waals surface area contributed by atoms with Crippen LogP contribution in [-0.2, 0) is 22.9 Å². The maximum absolute atomic E-state index is 11.7. The van der Waals surface area contributed by atoms with Crippen LogP contribution in [0.5, 0.6) is 0 Å². The third-order valence-corrected chi connectivity index (χ3v) is 7.68. The SMILES string of the molecule is Cc1ccc2nc(Cc3cc(Cc4ccccc4)nc(Nc4ccc(S(N)(=O)=O)cc4C)n3)sc2c1. The first kappa shape index (κ1) is 24.1. The van der Waals surface area contributed by atoms with Gasteiger partial charge in [0.15, 0.2) is 0 Å². The second-order valence-corrected chi connectivity index (χ2v) is 11.4. The maximum atomic E-state index is 11.7. The number of hydrogen-bond acceptors (Lipinski definition) is 7. The van der Waals surface area contributed by atoms with Gasteiger partial charge < -0.3 is 5.32 Å². The van der Waals surface area contributed by atoms with Crippen LogP contribution in [0.2, 0.25) is 0 Å². The second-order valence-electron chi connectivity index (χ2n) is 8.74. The molecular weight excluding hydrogens is 490 g/mol. The molecule has 5 aromatic rings. The monoisotopic (exact) mass is 515 g/mol. The molecule has 0 unspecified atom stereocenters. The highest BCUT2D eigenvalue weighted by Gasteiger charge is 2.13. The fourth-order valence-electron chi connectivity index (χ4n) is 3.98. The van der Waals surface area contributed by atoms with E-state index in [0.717, 1.165) is 37.7 Å². The first-order valence-corrected chi connectivity index (χ1v) is 13.8. The van der Waals surface area contributed by atoms with Gasteiger partial charge in [-0.15, -0.1) is 11.3 Å². The molecule has 0 atom stereocenters. The zero-order chi connectivity index (χ0) is 25.3. The van der Waals surface area contributed by atoms with E-state index in [1.54, 1.807) is 17.4 Å². The van der Waals surface area contributed by atoms with Gasteiger partial charge in [0, 0.05) is 18.5 Å². The summed E-state index contributed by atoms with van der Waals surface area (Å²) in [4.78, 5) is 14.4. The topological polar surface area (TPSA) is 111 Å². The van der Waals surface area contributed by atoms with E-state index in [1.165, 1.54) is 17.7 Å². The summed E-state index contributed by atoms with van der Waals surface area (Å²) in [5.74, 6) is 0.446. The number of benzene rings is 3. The quantitative estimate of drug-likeness (QED) is 0.305. The van der Waals surface area contributed by atoms with Crippen molar-refractivity contribution in [1.82, 2.24) is 15.0 Å². The lowest BCUT2D eigenvalue weighted by atomic mass is 10.1. The van der Waals surface area contributed by atoms with Gasteiger partial charge in [-0.25, -0.2) is 28.5 Å². The van der Waals surface area contributed by atoms with E-state index >= 15 is 0 Å². The zero-order valence-electron chi connectivity index (χ0n) is 19.9. The lowest BCUT2D eigenvalue weighted by Crippen LogP contribution is -2.12. The maximum Gasteiger partial charge on any atom is 0.238 e. The van der Waals surface area contributed by atoms with Crippen molar-refractivity contribution in [2.75, 3.05) is 5.32 Å². The molecule has 0 bridgehead atoms. The molecule has 7 nitrogen and oxygen atoms in total.